The molecule has 1 N–H and O–H groups in total. The quantitative estimate of drug-likeness (QED) is 0.929. The minimum Gasteiger partial charge on any atom is -0.320 e. The van der Waals surface area contributed by atoms with E-state index >= 15 is 0 Å². The summed E-state index contributed by atoms with van der Waals surface area (Å²) in [5.74, 6) is -0.138. The Hall–Kier alpha value is -2.10. The van der Waals surface area contributed by atoms with Gasteiger partial charge in [-0.15, -0.1) is 0 Å². The fourth-order valence-electron chi connectivity index (χ4n) is 2.90. The van der Waals surface area contributed by atoms with Gasteiger partial charge in [0, 0.05) is 11.9 Å². The van der Waals surface area contributed by atoms with E-state index in [4.69, 9.17) is 0 Å². The van der Waals surface area contributed by atoms with Crippen LogP contribution in [0.2, 0.25) is 0 Å². The first-order valence-corrected chi connectivity index (χ1v) is 7.58. The van der Waals surface area contributed by atoms with Crippen molar-refractivity contribution in [1.82, 2.24) is 9.78 Å². The normalized spacial score (nSPS) is 15.3. The van der Waals surface area contributed by atoms with Gasteiger partial charge in [0.25, 0.3) is 5.91 Å². The molecule has 4 nitrogen and oxygen atoms in total. The van der Waals surface area contributed by atoms with Crippen LogP contribution in [0, 0.1) is 13.8 Å². The third-order valence-corrected chi connectivity index (χ3v) is 4.39. The van der Waals surface area contributed by atoms with E-state index in [2.05, 4.69) is 10.4 Å². The summed E-state index contributed by atoms with van der Waals surface area (Å²) >= 11 is 0. The zero-order valence-corrected chi connectivity index (χ0v) is 12.6. The highest BCUT2D eigenvalue weighted by Crippen LogP contribution is 2.28. The first-order valence-electron chi connectivity index (χ1n) is 7.58. The van der Waals surface area contributed by atoms with Crippen molar-refractivity contribution in [2.24, 2.45) is 0 Å². The van der Waals surface area contributed by atoms with Crippen molar-refractivity contribution in [2.45, 2.75) is 45.6 Å². The topological polar surface area (TPSA) is 46.9 Å². The van der Waals surface area contributed by atoms with Crippen LogP contribution >= 0.6 is 0 Å². The zero-order chi connectivity index (χ0) is 14.8. The van der Waals surface area contributed by atoms with E-state index in [0.717, 1.165) is 11.3 Å². The van der Waals surface area contributed by atoms with Gasteiger partial charge in [-0.05, 0) is 49.9 Å². The predicted octanol–water partition coefficient (Wildman–Crippen LogP) is 3.87. The number of aryl methyl sites for hydroxylation is 1. The number of rotatable bonds is 3. The number of nitrogens with zero attached hydrogens (tertiary/aromatic N) is 2. The maximum atomic E-state index is 12.3. The fraction of sp³-hybridized carbons (Fsp3) is 0.412. The molecule has 1 fully saturated rings. The molecule has 1 heterocycles. The van der Waals surface area contributed by atoms with E-state index in [9.17, 15) is 4.79 Å². The van der Waals surface area contributed by atoms with Crippen molar-refractivity contribution >= 4 is 11.6 Å². The molecule has 1 aromatic carbocycles. The van der Waals surface area contributed by atoms with Crippen molar-refractivity contribution in [2.75, 3.05) is 5.32 Å². The van der Waals surface area contributed by atoms with Gasteiger partial charge in [-0.3, -0.25) is 9.48 Å². The summed E-state index contributed by atoms with van der Waals surface area (Å²) in [5.41, 5.74) is 3.61. The van der Waals surface area contributed by atoms with Crippen LogP contribution in [-0.2, 0) is 0 Å². The number of benzene rings is 1. The van der Waals surface area contributed by atoms with E-state index in [0.29, 0.717) is 11.7 Å². The highest BCUT2D eigenvalue weighted by molar-refractivity contribution is 6.03. The van der Waals surface area contributed by atoms with Crippen LogP contribution in [0.4, 0.5) is 5.69 Å². The van der Waals surface area contributed by atoms with Crippen molar-refractivity contribution in [3.05, 3.63) is 47.3 Å². The lowest BCUT2D eigenvalue weighted by molar-refractivity contribution is 0.102. The van der Waals surface area contributed by atoms with Crippen LogP contribution < -0.4 is 5.32 Å². The molecule has 0 saturated heterocycles. The van der Waals surface area contributed by atoms with Gasteiger partial charge in [-0.2, -0.15) is 5.10 Å². The second kappa shape index (κ2) is 5.72. The summed E-state index contributed by atoms with van der Waals surface area (Å²) < 4.78 is 1.95. The largest absolute Gasteiger partial charge is 0.320 e. The van der Waals surface area contributed by atoms with E-state index in [1.54, 1.807) is 6.07 Å². The number of aromatic nitrogens is 2. The molecule has 1 aliphatic rings. The average molecular weight is 283 g/mol. The fourth-order valence-corrected chi connectivity index (χ4v) is 2.90. The maximum Gasteiger partial charge on any atom is 0.276 e. The minimum atomic E-state index is -0.138. The lowest BCUT2D eigenvalue weighted by atomic mass is 10.1. The van der Waals surface area contributed by atoms with E-state index in [-0.39, 0.29) is 5.91 Å². The highest BCUT2D eigenvalue weighted by Gasteiger charge is 2.19. The molecule has 1 aromatic heterocycles. The molecule has 0 aliphatic heterocycles. The molecule has 0 spiro atoms. The lowest BCUT2D eigenvalue weighted by Gasteiger charge is -2.10. The van der Waals surface area contributed by atoms with Crippen LogP contribution in [0.25, 0.3) is 0 Å². The summed E-state index contributed by atoms with van der Waals surface area (Å²) in [6.45, 7) is 4.06. The SMILES string of the molecule is Cc1cccc(NC(=O)c2ccn(C3CCCC3)n2)c1C. The molecule has 0 unspecified atom stereocenters. The maximum absolute atomic E-state index is 12.3. The Morgan fingerprint density at radius 2 is 2.00 bits per heavy atom. The number of nitrogens with one attached hydrogen (secondary N) is 1. The first-order chi connectivity index (χ1) is 10.1. The van der Waals surface area contributed by atoms with Crippen LogP contribution in [0.15, 0.2) is 30.5 Å². The van der Waals surface area contributed by atoms with E-state index in [1.165, 1.54) is 31.2 Å². The summed E-state index contributed by atoms with van der Waals surface area (Å²) in [6, 6.07) is 8.19. The van der Waals surface area contributed by atoms with Gasteiger partial charge in [-0.25, -0.2) is 0 Å². The third-order valence-electron chi connectivity index (χ3n) is 4.39. The summed E-state index contributed by atoms with van der Waals surface area (Å²) in [7, 11) is 0. The van der Waals surface area contributed by atoms with Crippen molar-refractivity contribution in [3.63, 3.8) is 0 Å². The lowest BCUT2D eigenvalue weighted by Crippen LogP contribution is -2.15. The van der Waals surface area contributed by atoms with Crippen molar-refractivity contribution in [1.29, 1.82) is 0 Å². The Bertz CT molecular complexity index is 654. The predicted molar refractivity (Wildman–Crippen MR) is 83.6 cm³/mol. The molecule has 21 heavy (non-hydrogen) atoms. The average Bonchev–Trinajstić information content (AvgIpc) is 3.13. The number of carbonyl (C=O) groups excluding carboxylic acids is 1. The number of anilines is 1. The monoisotopic (exact) mass is 283 g/mol. The van der Waals surface area contributed by atoms with Crippen LogP contribution in [0.1, 0.15) is 53.3 Å². The van der Waals surface area contributed by atoms with Gasteiger partial charge in [-0.1, -0.05) is 25.0 Å². The zero-order valence-electron chi connectivity index (χ0n) is 12.6. The third kappa shape index (κ3) is 2.84. The smallest absolute Gasteiger partial charge is 0.276 e. The van der Waals surface area contributed by atoms with Gasteiger partial charge in [0.2, 0.25) is 0 Å². The highest BCUT2D eigenvalue weighted by atomic mass is 16.1. The van der Waals surface area contributed by atoms with Gasteiger partial charge < -0.3 is 5.32 Å². The Kier molecular flexibility index (Phi) is 3.78. The summed E-state index contributed by atoms with van der Waals surface area (Å²) in [6.07, 6.45) is 6.77. The molecule has 0 bridgehead atoms. The minimum absolute atomic E-state index is 0.138. The van der Waals surface area contributed by atoms with Crippen LogP contribution in [0.5, 0.6) is 0 Å². The Balaban J connectivity index is 1.75. The summed E-state index contributed by atoms with van der Waals surface area (Å²) in [4.78, 5) is 12.3. The summed E-state index contributed by atoms with van der Waals surface area (Å²) in [5, 5.41) is 7.40. The molecule has 3 rings (SSSR count). The van der Waals surface area contributed by atoms with Gasteiger partial charge in [0.15, 0.2) is 5.69 Å². The molecular formula is C17H21N3O. The molecule has 0 radical (unpaired) electrons. The number of amides is 1. The van der Waals surface area contributed by atoms with Crippen molar-refractivity contribution in [3.8, 4) is 0 Å². The molecule has 2 aromatic rings. The molecule has 110 valence electrons. The van der Waals surface area contributed by atoms with Gasteiger partial charge in [0.1, 0.15) is 0 Å². The molecule has 0 atom stereocenters. The first kappa shape index (κ1) is 13.9. The standard InChI is InChI=1S/C17H21N3O/c1-12-6-5-9-15(13(12)2)18-17(21)16-10-11-20(19-16)14-7-3-4-8-14/h5-6,9-11,14H,3-4,7-8H2,1-2H3,(H,18,21). The van der Waals surface area contributed by atoms with E-state index < -0.39 is 0 Å². The number of hydrogen-bond donors (Lipinski definition) is 1. The molecule has 1 aliphatic carbocycles. The van der Waals surface area contributed by atoms with Crippen LogP contribution in [0.3, 0.4) is 0 Å². The molecule has 1 amide bonds. The Labute approximate surface area is 125 Å². The van der Waals surface area contributed by atoms with Crippen molar-refractivity contribution < 1.29 is 4.79 Å². The van der Waals surface area contributed by atoms with E-state index in [1.807, 2.05) is 42.9 Å². The second-order valence-electron chi connectivity index (χ2n) is 5.82. The number of carbonyl (C=O) groups is 1. The van der Waals surface area contributed by atoms with Crippen LogP contribution in [-0.4, -0.2) is 15.7 Å². The number of hydrogen-bond acceptors (Lipinski definition) is 2. The van der Waals surface area contributed by atoms with Gasteiger partial charge in [0.05, 0.1) is 6.04 Å². The Morgan fingerprint density at radius 1 is 1.24 bits per heavy atom. The molecular weight excluding hydrogens is 262 g/mol. The molecule has 1 saturated carbocycles. The Morgan fingerprint density at radius 3 is 2.76 bits per heavy atom. The second-order valence-corrected chi connectivity index (χ2v) is 5.82. The van der Waals surface area contributed by atoms with Gasteiger partial charge >= 0.3 is 0 Å². The molecule has 4 heteroatoms.